The number of carbonyl (C=O) groups is 2. The van der Waals surface area contributed by atoms with Crippen molar-refractivity contribution in [3.05, 3.63) is 28.5 Å². The molecule has 0 heterocycles. The molecule has 0 aromatic rings. The van der Waals surface area contributed by atoms with E-state index < -0.39 is 11.9 Å². The second-order valence-corrected chi connectivity index (χ2v) is 29.1. The minimum atomic E-state index is -1.03. The summed E-state index contributed by atoms with van der Waals surface area (Å²) in [5.74, 6) is 8.70. The number of carboxylic acid groups (broad SMARTS) is 2. The molecule has 9 nitrogen and oxygen atoms in total. The van der Waals surface area contributed by atoms with Gasteiger partial charge in [-0.2, -0.15) is 0 Å². The van der Waals surface area contributed by atoms with Crippen LogP contribution < -0.4 is 10.4 Å². The zero-order valence-electron chi connectivity index (χ0n) is 49.8. The van der Waals surface area contributed by atoms with Gasteiger partial charge in [0.25, 0.3) is 0 Å². The average molecular weight is 1100 g/mol. The van der Waals surface area contributed by atoms with Gasteiger partial charge in [-0.3, -0.25) is 4.79 Å². The number of rotatable bonds is 24. The number of allylic oxidation sites excluding steroid dienone is 2. The number of quaternary nitrogens is 1. The van der Waals surface area contributed by atoms with Crippen LogP contribution in [-0.4, -0.2) is 79.1 Å². The molecule has 0 saturated heterocycles. The van der Waals surface area contributed by atoms with Crippen molar-refractivity contribution < 1.29 is 34.3 Å². The van der Waals surface area contributed by atoms with E-state index in [2.05, 4.69) is 86.7 Å². The van der Waals surface area contributed by atoms with Crippen LogP contribution in [0.2, 0.25) is 0 Å². The van der Waals surface area contributed by atoms with Gasteiger partial charge < -0.3 is 35.3 Å². The molecule has 0 spiro atoms. The molecule has 8 aliphatic carbocycles. The van der Waals surface area contributed by atoms with Crippen molar-refractivity contribution in [1.82, 2.24) is 5.32 Å². The standard InChI is InChI=1S/C32H55NO4.C32H55NO3.CH2Cl2/c1-22(2)8-6-9-23(3)27-12-13-28-26-11-10-24-20-25(37-19-7-18-33(36)21-30(34)35)14-16-31(24,4)29(26)15-17-32(27,28)5;1-22(2)8-6-9-23(3)27-12-13-28-26-11-10-24-20-25(36-19-7-18-33-21-30(34)35)14-16-31(24,4)29(26)15-17-32(27,28)5;2-1-3/h10,22-23,25-29,33H,6-9,11-21H2,1-5H3,(H,34,35);10,22-23,25-29,33H,6-9,11-21H2,1-5H3,(H,34,35);1H2/t2*23-,25+,26?,27-,28?,29?,31+,32-;/m11./s1. The van der Waals surface area contributed by atoms with E-state index in [1.54, 1.807) is 11.1 Å². The Morgan fingerprint density at radius 3 is 1.50 bits per heavy atom. The molecule has 0 radical (unpaired) electrons. The number of hydroxylamine groups is 2. The van der Waals surface area contributed by atoms with Gasteiger partial charge >= 0.3 is 11.9 Å². The molecule has 0 aromatic heterocycles. The number of hydrogen-bond donors (Lipinski definition) is 4. The van der Waals surface area contributed by atoms with Gasteiger partial charge in [-0.25, -0.2) is 4.79 Å². The molecule has 7 unspecified atom stereocenters. The molecule has 6 fully saturated rings. The highest BCUT2D eigenvalue weighted by Crippen LogP contribution is 2.69. The first-order chi connectivity index (χ1) is 36.1. The lowest BCUT2D eigenvalue weighted by atomic mass is 9.47. The lowest BCUT2D eigenvalue weighted by Crippen LogP contribution is -3.08. The van der Waals surface area contributed by atoms with Crippen LogP contribution in [0.1, 0.15) is 223 Å². The highest BCUT2D eigenvalue weighted by atomic mass is 35.5. The molecule has 0 amide bonds. The Kier molecular flexibility index (Phi) is 24.6. The van der Waals surface area contributed by atoms with Gasteiger partial charge in [0.1, 0.15) is 0 Å². The highest BCUT2D eigenvalue weighted by Gasteiger charge is 2.61. The minimum absolute atomic E-state index is 0.0368. The Hall–Kier alpha value is -1.20. The molecule has 17 atom stereocenters. The number of alkyl halides is 2. The Bertz CT molecular complexity index is 1880. The number of carboxylic acids is 2. The lowest BCUT2D eigenvalue weighted by molar-refractivity contribution is -0.840. The second kappa shape index (κ2) is 29.2. The van der Waals surface area contributed by atoms with Crippen LogP contribution in [0.25, 0.3) is 0 Å². The quantitative estimate of drug-likeness (QED) is 0.0325. The topological polar surface area (TPSA) is 133 Å². The highest BCUT2D eigenvalue weighted by molar-refractivity contribution is 6.40. The van der Waals surface area contributed by atoms with Crippen LogP contribution in [0, 0.1) is 97.9 Å². The Morgan fingerprint density at radius 2 is 1.08 bits per heavy atom. The van der Waals surface area contributed by atoms with E-state index in [-0.39, 0.29) is 29.6 Å². The summed E-state index contributed by atoms with van der Waals surface area (Å²) in [5, 5.41) is 32.1. The van der Waals surface area contributed by atoms with Crippen molar-refractivity contribution >= 4 is 35.1 Å². The van der Waals surface area contributed by atoms with Crippen molar-refractivity contribution in [3.8, 4) is 0 Å². The average Bonchev–Trinajstić information content (AvgIpc) is 4.02. The molecule has 438 valence electrons. The van der Waals surface area contributed by atoms with Crippen molar-refractivity contribution in [2.75, 3.05) is 44.7 Å². The first kappa shape index (κ1) is 64.0. The maximum Gasteiger partial charge on any atom is 0.359 e. The predicted molar refractivity (Wildman–Crippen MR) is 314 cm³/mol. The van der Waals surface area contributed by atoms with E-state index >= 15 is 0 Å². The number of halogens is 2. The Labute approximate surface area is 473 Å². The Balaban J connectivity index is 0.000000235. The zero-order valence-corrected chi connectivity index (χ0v) is 51.4. The number of hydrogen-bond acceptors (Lipinski definition) is 6. The first-order valence-electron chi connectivity index (χ1n) is 31.5. The van der Waals surface area contributed by atoms with Crippen LogP contribution >= 0.6 is 23.2 Å². The van der Waals surface area contributed by atoms with Gasteiger partial charge in [0.15, 0.2) is 6.54 Å². The summed E-state index contributed by atoms with van der Waals surface area (Å²) in [6.07, 6.45) is 36.8. The first-order valence-corrected chi connectivity index (χ1v) is 32.6. The van der Waals surface area contributed by atoms with Gasteiger partial charge in [0, 0.05) is 13.0 Å². The normalized spacial score (nSPS) is 37.5. The van der Waals surface area contributed by atoms with Crippen LogP contribution in [-0.2, 0) is 19.1 Å². The fourth-order valence-electron chi connectivity index (χ4n) is 19.0. The van der Waals surface area contributed by atoms with E-state index in [1.807, 2.05) is 0 Å². The van der Waals surface area contributed by atoms with Gasteiger partial charge in [-0.15, -0.1) is 23.2 Å². The van der Waals surface area contributed by atoms with Crippen molar-refractivity contribution in [2.24, 2.45) is 92.7 Å². The Morgan fingerprint density at radius 1 is 0.632 bits per heavy atom. The number of ether oxygens (including phenoxy) is 2. The third kappa shape index (κ3) is 15.7. The molecule has 0 bridgehead atoms. The number of nitrogens with one attached hydrogen (secondary N) is 2. The maximum atomic E-state index is 11.7. The summed E-state index contributed by atoms with van der Waals surface area (Å²) in [6, 6.07) is 0. The smallest absolute Gasteiger partial charge is 0.359 e. The third-order valence-corrected chi connectivity index (χ3v) is 22.9. The number of fused-ring (bicyclic) bond motifs is 10. The molecular weight excluding hydrogens is 992 g/mol. The summed E-state index contributed by atoms with van der Waals surface area (Å²) < 4.78 is 12.5. The minimum Gasteiger partial charge on any atom is -0.634 e. The molecule has 6 saturated carbocycles. The summed E-state index contributed by atoms with van der Waals surface area (Å²) in [5.41, 5.74) is 5.17. The summed E-state index contributed by atoms with van der Waals surface area (Å²) >= 11 is 9.53. The molecule has 0 aliphatic heterocycles. The fraction of sp³-hybridized carbons (Fsp3) is 0.908. The largest absolute Gasteiger partial charge is 0.634 e. The van der Waals surface area contributed by atoms with E-state index in [4.69, 9.17) is 42.9 Å². The molecule has 4 N–H and O–H groups in total. The number of aliphatic carboxylic acids is 2. The van der Waals surface area contributed by atoms with Gasteiger partial charge in [-0.05, 0) is 208 Å². The van der Waals surface area contributed by atoms with Gasteiger partial charge in [0.05, 0.1) is 37.2 Å². The van der Waals surface area contributed by atoms with Gasteiger partial charge in [0.2, 0.25) is 0 Å². The lowest BCUT2D eigenvalue weighted by Gasteiger charge is -2.58. The van der Waals surface area contributed by atoms with Crippen LogP contribution in [0.5, 0.6) is 0 Å². The molecule has 8 aliphatic rings. The van der Waals surface area contributed by atoms with Crippen LogP contribution in [0.3, 0.4) is 0 Å². The van der Waals surface area contributed by atoms with E-state index in [0.717, 1.165) is 103 Å². The summed E-state index contributed by atoms with van der Waals surface area (Å²) in [6.45, 7) is 27.1. The van der Waals surface area contributed by atoms with E-state index in [1.165, 1.54) is 122 Å². The molecule has 0 aromatic carbocycles. The van der Waals surface area contributed by atoms with Crippen LogP contribution in [0.4, 0.5) is 0 Å². The molecule has 11 heteroatoms. The molecular formula is C65H112Cl2N2O7. The third-order valence-electron chi connectivity index (χ3n) is 22.9. The fourth-order valence-corrected chi connectivity index (χ4v) is 19.0. The second-order valence-electron chi connectivity index (χ2n) is 28.3. The maximum absolute atomic E-state index is 11.7. The SMILES string of the molecule is CC(C)CCC[C@@H](C)[C@H]1CCC2C3CC=C4C[C@@H](OCCCNCC(=O)O)CC[C@]4(C)C3CC[C@@]21C.CC(C)CCC[C@@H](C)[C@H]1CCC2C3CC=C4C[C@@H](OCCC[NH+]([O-])CC(=O)O)CC[C@]4(C)C3CC[C@@]21C.ClCCl. The van der Waals surface area contributed by atoms with Crippen LogP contribution in [0.15, 0.2) is 23.3 Å². The summed E-state index contributed by atoms with van der Waals surface area (Å²) in [4.78, 5) is 21.3. The molecule has 8 rings (SSSR count). The van der Waals surface area contributed by atoms with E-state index in [9.17, 15) is 14.8 Å². The van der Waals surface area contributed by atoms with Gasteiger partial charge in [-0.1, -0.05) is 131 Å². The van der Waals surface area contributed by atoms with Crippen molar-refractivity contribution in [3.63, 3.8) is 0 Å². The predicted octanol–water partition coefficient (Wildman–Crippen LogP) is 15.2. The van der Waals surface area contributed by atoms with Crippen molar-refractivity contribution in [1.29, 1.82) is 0 Å². The van der Waals surface area contributed by atoms with E-state index in [0.29, 0.717) is 53.9 Å². The summed E-state index contributed by atoms with van der Waals surface area (Å²) in [7, 11) is 0. The van der Waals surface area contributed by atoms with Crippen molar-refractivity contribution in [2.45, 2.75) is 236 Å². The zero-order chi connectivity index (χ0) is 55.4. The monoisotopic (exact) mass is 1100 g/mol. The molecule has 76 heavy (non-hydrogen) atoms.